The number of nitrogens with one attached hydrogen (secondary N) is 1. The van der Waals surface area contributed by atoms with Crippen molar-refractivity contribution in [2.75, 3.05) is 5.32 Å². The number of anilines is 1. The number of hydrogen-bond acceptors (Lipinski definition) is 7. The van der Waals surface area contributed by atoms with E-state index in [0.717, 1.165) is 6.07 Å². The van der Waals surface area contributed by atoms with Gasteiger partial charge < -0.3 is 25.4 Å². The topological polar surface area (TPSA) is 125 Å². The predicted molar refractivity (Wildman–Crippen MR) is 66.5 cm³/mol. The van der Waals surface area contributed by atoms with Crippen LogP contribution < -0.4 is 10.1 Å². The fourth-order valence-corrected chi connectivity index (χ4v) is 1.33. The van der Waals surface area contributed by atoms with Gasteiger partial charge in [0, 0.05) is 6.42 Å². The molecular formula is C11H16N2O6. The smallest absolute Gasteiger partial charge is 0.321 e. The van der Waals surface area contributed by atoms with Crippen LogP contribution in [0, 0.1) is 10.1 Å². The molecule has 0 heterocycles. The maximum atomic E-state index is 10.9. The number of benzene rings is 1. The summed E-state index contributed by atoms with van der Waals surface area (Å²) in [6.07, 6.45) is -1.06. The van der Waals surface area contributed by atoms with Crippen molar-refractivity contribution < 1.29 is 25.0 Å². The van der Waals surface area contributed by atoms with E-state index in [1.807, 2.05) is 0 Å². The normalized spacial score (nSPS) is 12.9. The summed E-state index contributed by atoms with van der Waals surface area (Å²) in [6.45, 7) is 2.90. The average Bonchev–Trinajstić information content (AvgIpc) is 2.30. The Morgan fingerprint density at radius 2 is 2.16 bits per heavy atom. The van der Waals surface area contributed by atoms with Crippen LogP contribution in [0.15, 0.2) is 18.2 Å². The Morgan fingerprint density at radius 3 is 2.63 bits per heavy atom. The molecule has 8 nitrogen and oxygen atoms in total. The van der Waals surface area contributed by atoms with Gasteiger partial charge in [-0.05, 0) is 19.1 Å². The number of hydrogen-bond donors (Lipinski definition) is 4. The highest BCUT2D eigenvalue weighted by Gasteiger charge is 2.24. The molecule has 0 radical (unpaired) electrons. The van der Waals surface area contributed by atoms with Gasteiger partial charge >= 0.3 is 5.97 Å². The largest absolute Gasteiger partial charge is 0.439 e. The predicted octanol–water partition coefficient (Wildman–Crippen LogP) is 0.772. The van der Waals surface area contributed by atoms with Crippen molar-refractivity contribution in [3.63, 3.8) is 0 Å². The summed E-state index contributed by atoms with van der Waals surface area (Å²) in [5, 5.41) is 41.2. The van der Waals surface area contributed by atoms with E-state index >= 15 is 0 Å². The summed E-state index contributed by atoms with van der Waals surface area (Å²) in [7, 11) is 0. The lowest BCUT2D eigenvalue weighted by Crippen LogP contribution is -2.34. The summed E-state index contributed by atoms with van der Waals surface area (Å²) in [4.78, 5) is 10.2. The van der Waals surface area contributed by atoms with Crippen molar-refractivity contribution in [1.82, 2.24) is 0 Å². The van der Waals surface area contributed by atoms with E-state index in [1.54, 1.807) is 0 Å². The van der Waals surface area contributed by atoms with Crippen molar-refractivity contribution in [2.45, 2.75) is 32.5 Å². The molecule has 1 aromatic rings. The molecule has 0 spiro atoms. The number of nitrogens with zero attached hydrogens (tertiary/aromatic N) is 1. The number of nitro groups is 1. The second-order valence-electron chi connectivity index (χ2n) is 3.96. The van der Waals surface area contributed by atoms with Gasteiger partial charge in [-0.2, -0.15) is 0 Å². The summed E-state index contributed by atoms with van der Waals surface area (Å²) in [6, 6.07) is 3.68. The SMILES string of the molecule is CCC(O)(O)Oc1ccc(NC(C)O)c([N+](=O)[O-])c1. The first kappa shape index (κ1) is 15.2. The molecule has 1 aromatic carbocycles. The number of rotatable bonds is 6. The summed E-state index contributed by atoms with van der Waals surface area (Å²) in [5.74, 6) is -2.44. The Bertz CT molecular complexity index is 460. The fourth-order valence-electron chi connectivity index (χ4n) is 1.33. The summed E-state index contributed by atoms with van der Waals surface area (Å²) < 4.78 is 4.82. The molecule has 0 amide bonds. The van der Waals surface area contributed by atoms with Gasteiger partial charge in [0.15, 0.2) is 0 Å². The third-order valence-electron chi connectivity index (χ3n) is 2.27. The quantitative estimate of drug-likeness (QED) is 0.342. The molecular weight excluding hydrogens is 256 g/mol. The van der Waals surface area contributed by atoms with Gasteiger partial charge in [0.05, 0.1) is 11.0 Å². The van der Waals surface area contributed by atoms with Crippen LogP contribution in [0.25, 0.3) is 0 Å². The molecule has 0 saturated carbocycles. The van der Waals surface area contributed by atoms with Gasteiger partial charge in [-0.15, -0.1) is 0 Å². The number of aliphatic hydroxyl groups is 3. The molecule has 106 valence electrons. The van der Waals surface area contributed by atoms with Crippen molar-refractivity contribution in [1.29, 1.82) is 0 Å². The van der Waals surface area contributed by atoms with E-state index in [1.165, 1.54) is 26.0 Å². The highest BCUT2D eigenvalue weighted by molar-refractivity contribution is 5.64. The van der Waals surface area contributed by atoms with Gasteiger partial charge in [-0.3, -0.25) is 10.1 Å². The first-order valence-corrected chi connectivity index (χ1v) is 5.62. The van der Waals surface area contributed by atoms with Crippen molar-refractivity contribution >= 4 is 11.4 Å². The molecule has 8 heteroatoms. The average molecular weight is 272 g/mol. The van der Waals surface area contributed by atoms with E-state index in [2.05, 4.69) is 5.32 Å². The third kappa shape index (κ3) is 4.36. The van der Waals surface area contributed by atoms with Crippen LogP contribution in [-0.2, 0) is 0 Å². The second kappa shape index (κ2) is 5.83. The molecule has 0 aliphatic heterocycles. The molecule has 0 aliphatic rings. The molecule has 4 N–H and O–H groups in total. The Balaban J connectivity index is 3.06. The maximum Gasteiger partial charge on any atom is 0.321 e. The van der Waals surface area contributed by atoms with Crippen molar-refractivity contribution in [2.24, 2.45) is 0 Å². The van der Waals surface area contributed by atoms with E-state index in [9.17, 15) is 20.3 Å². The lowest BCUT2D eigenvalue weighted by Gasteiger charge is -2.21. The van der Waals surface area contributed by atoms with Gasteiger partial charge in [0.1, 0.15) is 17.7 Å². The highest BCUT2D eigenvalue weighted by atomic mass is 16.8. The van der Waals surface area contributed by atoms with Gasteiger partial charge in [0.25, 0.3) is 5.69 Å². The Hall–Kier alpha value is -1.90. The lowest BCUT2D eigenvalue weighted by molar-refractivity contribution is -0.384. The number of nitro benzene ring substituents is 1. The number of ether oxygens (including phenoxy) is 1. The van der Waals surface area contributed by atoms with Gasteiger partial charge in [-0.1, -0.05) is 6.92 Å². The van der Waals surface area contributed by atoms with E-state index in [-0.39, 0.29) is 23.5 Å². The molecule has 0 bridgehead atoms. The second-order valence-corrected chi connectivity index (χ2v) is 3.96. The number of aliphatic hydroxyl groups excluding tert-OH is 1. The Morgan fingerprint density at radius 1 is 1.53 bits per heavy atom. The zero-order chi connectivity index (χ0) is 14.6. The minimum Gasteiger partial charge on any atom is -0.439 e. The van der Waals surface area contributed by atoms with Crippen molar-refractivity contribution in [3.8, 4) is 5.75 Å². The molecule has 0 aromatic heterocycles. The fraction of sp³-hybridized carbons (Fsp3) is 0.455. The maximum absolute atomic E-state index is 10.9. The van der Waals surface area contributed by atoms with Crippen LogP contribution in [0.1, 0.15) is 20.3 Å². The Kier molecular flexibility index (Phi) is 4.65. The molecule has 0 saturated heterocycles. The third-order valence-corrected chi connectivity index (χ3v) is 2.27. The van der Waals surface area contributed by atoms with Crippen molar-refractivity contribution in [3.05, 3.63) is 28.3 Å². The zero-order valence-electron chi connectivity index (χ0n) is 10.5. The summed E-state index contributed by atoms with van der Waals surface area (Å²) in [5.41, 5.74) is -0.240. The van der Waals surface area contributed by atoms with Gasteiger partial charge in [-0.25, -0.2) is 0 Å². The standard InChI is InChI=1S/C11H16N2O6/c1-3-11(15,16)19-8-4-5-9(12-7(2)14)10(6-8)13(17)18/h4-7,12,14-16H,3H2,1-2H3. The highest BCUT2D eigenvalue weighted by Crippen LogP contribution is 2.30. The van der Waals surface area contributed by atoms with E-state index < -0.39 is 17.1 Å². The van der Waals surface area contributed by atoms with Crippen LogP contribution in [0.2, 0.25) is 0 Å². The minimum absolute atomic E-state index is 0.0605. The zero-order valence-corrected chi connectivity index (χ0v) is 10.5. The minimum atomic E-state index is -2.38. The monoisotopic (exact) mass is 272 g/mol. The van der Waals surface area contributed by atoms with Crippen LogP contribution in [0.3, 0.4) is 0 Å². The molecule has 1 unspecified atom stereocenters. The van der Waals surface area contributed by atoms with Gasteiger partial charge in [0.2, 0.25) is 0 Å². The van der Waals surface area contributed by atoms with Crippen LogP contribution >= 0.6 is 0 Å². The lowest BCUT2D eigenvalue weighted by atomic mass is 10.2. The summed E-state index contributed by atoms with van der Waals surface area (Å²) >= 11 is 0. The Labute approximate surface area is 109 Å². The molecule has 1 rings (SSSR count). The van der Waals surface area contributed by atoms with Crippen LogP contribution in [0.4, 0.5) is 11.4 Å². The van der Waals surface area contributed by atoms with Crippen LogP contribution in [-0.4, -0.2) is 32.4 Å². The molecule has 19 heavy (non-hydrogen) atoms. The first-order chi connectivity index (χ1) is 8.75. The first-order valence-electron chi connectivity index (χ1n) is 5.62. The van der Waals surface area contributed by atoms with E-state index in [0.29, 0.717) is 0 Å². The molecule has 1 atom stereocenters. The molecule has 0 aliphatic carbocycles. The van der Waals surface area contributed by atoms with Crippen LogP contribution in [0.5, 0.6) is 5.75 Å². The molecule has 0 fully saturated rings. The van der Waals surface area contributed by atoms with E-state index in [4.69, 9.17) is 9.84 Å².